The molecule has 29 heavy (non-hydrogen) atoms. The summed E-state index contributed by atoms with van der Waals surface area (Å²) in [6, 6.07) is 12.4. The molecule has 1 aliphatic rings. The van der Waals surface area contributed by atoms with E-state index in [1.165, 1.54) is 33.5 Å². The van der Waals surface area contributed by atoms with Gasteiger partial charge in [0.25, 0.3) is 5.91 Å². The van der Waals surface area contributed by atoms with Crippen molar-refractivity contribution in [1.29, 1.82) is 0 Å². The molecule has 0 unspecified atom stereocenters. The van der Waals surface area contributed by atoms with Gasteiger partial charge in [-0.1, -0.05) is 6.07 Å². The van der Waals surface area contributed by atoms with E-state index in [0.717, 1.165) is 0 Å². The van der Waals surface area contributed by atoms with Gasteiger partial charge in [0, 0.05) is 50.0 Å². The Morgan fingerprint density at radius 2 is 1.59 bits per heavy atom. The number of piperazine rings is 1. The van der Waals surface area contributed by atoms with Gasteiger partial charge in [-0.25, -0.2) is 8.42 Å². The maximum absolute atomic E-state index is 12.9. The number of carbonyl (C=O) groups excluding carboxylic acids is 2. The largest absolute Gasteiger partial charge is 0.366 e. The second-order valence-electron chi connectivity index (χ2n) is 7.01. The SMILES string of the molecule is CN1CCN(S(=O)(=O)c2cccc(C(=O)N(C)c3ccc(C(N)=O)cc3)c2)CC1. The molecule has 2 N–H and O–H groups in total. The van der Waals surface area contributed by atoms with E-state index in [1.54, 1.807) is 31.3 Å². The molecule has 1 heterocycles. The summed E-state index contributed by atoms with van der Waals surface area (Å²) in [5.41, 5.74) is 6.40. The van der Waals surface area contributed by atoms with Crippen molar-refractivity contribution in [2.75, 3.05) is 45.2 Å². The third-order valence-electron chi connectivity index (χ3n) is 5.02. The minimum absolute atomic E-state index is 0.102. The molecule has 0 aliphatic carbocycles. The minimum Gasteiger partial charge on any atom is -0.366 e. The number of nitrogens with zero attached hydrogens (tertiary/aromatic N) is 3. The number of benzene rings is 2. The second kappa shape index (κ2) is 8.32. The van der Waals surface area contributed by atoms with Crippen LogP contribution in [0.1, 0.15) is 20.7 Å². The fraction of sp³-hybridized carbons (Fsp3) is 0.300. The van der Waals surface area contributed by atoms with Gasteiger partial charge in [-0.15, -0.1) is 0 Å². The van der Waals surface area contributed by atoms with Crippen LogP contribution in [-0.2, 0) is 10.0 Å². The minimum atomic E-state index is -3.66. The Labute approximate surface area is 170 Å². The first kappa shape index (κ1) is 21.0. The summed E-state index contributed by atoms with van der Waals surface area (Å²) >= 11 is 0. The summed E-state index contributed by atoms with van der Waals surface area (Å²) in [6.45, 7) is 2.18. The highest BCUT2D eigenvalue weighted by molar-refractivity contribution is 7.89. The summed E-state index contributed by atoms with van der Waals surface area (Å²) < 4.78 is 27.3. The van der Waals surface area contributed by atoms with Gasteiger partial charge >= 0.3 is 0 Å². The molecule has 1 saturated heterocycles. The number of nitrogens with two attached hydrogens (primary N) is 1. The molecule has 9 heteroatoms. The molecular formula is C20H24N4O4S. The molecule has 0 atom stereocenters. The Morgan fingerprint density at radius 1 is 0.966 bits per heavy atom. The van der Waals surface area contributed by atoms with Crippen molar-refractivity contribution >= 4 is 27.5 Å². The third kappa shape index (κ3) is 4.47. The average Bonchev–Trinajstić information content (AvgIpc) is 2.73. The van der Waals surface area contributed by atoms with E-state index >= 15 is 0 Å². The molecule has 2 aromatic carbocycles. The van der Waals surface area contributed by atoms with E-state index in [2.05, 4.69) is 4.90 Å². The molecule has 0 radical (unpaired) electrons. The third-order valence-corrected chi connectivity index (χ3v) is 6.92. The quantitative estimate of drug-likeness (QED) is 0.783. The molecule has 154 valence electrons. The Balaban J connectivity index is 1.82. The normalized spacial score (nSPS) is 15.8. The standard InChI is InChI=1S/C20H24N4O4S/c1-22-10-12-24(13-11-22)29(27,28)18-5-3-4-16(14-18)20(26)23(2)17-8-6-15(7-9-17)19(21)25/h3-9,14H,10-13H2,1-2H3,(H2,21,25). The molecule has 1 fully saturated rings. The lowest BCUT2D eigenvalue weighted by molar-refractivity contribution is 0.0989. The molecule has 0 bridgehead atoms. The molecule has 2 aromatic rings. The van der Waals surface area contributed by atoms with Gasteiger partial charge in [-0.2, -0.15) is 4.31 Å². The monoisotopic (exact) mass is 416 g/mol. The molecule has 2 amide bonds. The van der Waals surface area contributed by atoms with Crippen molar-refractivity contribution in [3.63, 3.8) is 0 Å². The van der Waals surface area contributed by atoms with Crippen LogP contribution < -0.4 is 10.6 Å². The van der Waals surface area contributed by atoms with Gasteiger partial charge in [0.2, 0.25) is 15.9 Å². The fourth-order valence-corrected chi connectivity index (χ4v) is 4.60. The number of rotatable bonds is 5. The molecule has 8 nitrogen and oxygen atoms in total. The van der Waals surface area contributed by atoms with Crippen molar-refractivity contribution in [2.45, 2.75) is 4.90 Å². The van der Waals surface area contributed by atoms with Crippen molar-refractivity contribution in [3.05, 3.63) is 59.7 Å². The predicted octanol–water partition coefficient (Wildman–Crippen LogP) is 0.998. The van der Waals surface area contributed by atoms with Gasteiger partial charge in [-0.05, 0) is 49.5 Å². The van der Waals surface area contributed by atoms with Gasteiger partial charge in [0.1, 0.15) is 0 Å². The van der Waals surface area contributed by atoms with Crippen molar-refractivity contribution in [1.82, 2.24) is 9.21 Å². The number of carbonyl (C=O) groups is 2. The summed E-state index contributed by atoms with van der Waals surface area (Å²) in [4.78, 5) is 27.6. The van der Waals surface area contributed by atoms with E-state index < -0.39 is 15.9 Å². The summed E-state index contributed by atoms with van der Waals surface area (Å²) in [5.74, 6) is -0.903. The summed E-state index contributed by atoms with van der Waals surface area (Å²) in [5, 5.41) is 0. The van der Waals surface area contributed by atoms with Crippen molar-refractivity contribution in [3.8, 4) is 0 Å². The van der Waals surface area contributed by atoms with Gasteiger partial charge < -0.3 is 15.5 Å². The lowest BCUT2D eigenvalue weighted by atomic mass is 10.1. The predicted molar refractivity (Wildman–Crippen MR) is 110 cm³/mol. The highest BCUT2D eigenvalue weighted by atomic mass is 32.2. The number of amides is 2. The van der Waals surface area contributed by atoms with E-state index in [0.29, 0.717) is 37.4 Å². The van der Waals surface area contributed by atoms with Crippen LogP contribution in [0, 0.1) is 0 Å². The number of primary amides is 1. The smallest absolute Gasteiger partial charge is 0.258 e. The fourth-order valence-electron chi connectivity index (χ4n) is 3.13. The molecule has 0 aromatic heterocycles. The first-order valence-electron chi connectivity index (χ1n) is 9.17. The average molecular weight is 417 g/mol. The number of likely N-dealkylation sites (N-methyl/N-ethyl adjacent to an activating group) is 1. The topological polar surface area (TPSA) is 104 Å². The number of hydrogen-bond donors (Lipinski definition) is 1. The Hall–Kier alpha value is -2.75. The van der Waals surface area contributed by atoms with Crippen LogP contribution in [0.2, 0.25) is 0 Å². The summed E-state index contributed by atoms with van der Waals surface area (Å²) in [7, 11) is -0.122. The van der Waals surface area contributed by atoms with E-state index in [-0.39, 0.29) is 16.4 Å². The number of hydrogen-bond acceptors (Lipinski definition) is 5. The van der Waals surface area contributed by atoms with Gasteiger partial charge in [-0.3, -0.25) is 9.59 Å². The van der Waals surface area contributed by atoms with Crippen LogP contribution in [0.15, 0.2) is 53.4 Å². The van der Waals surface area contributed by atoms with Gasteiger partial charge in [0.15, 0.2) is 0 Å². The van der Waals surface area contributed by atoms with Crippen molar-refractivity contribution in [2.24, 2.45) is 5.73 Å². The van der Waals surface area contributed by atoms with Crippen LogP contribution in [0.3, 0.4) is 0 Å². The van der Waals surface area contributed by atoms with E-state index in [4.69, 9.17) is 5.73 Å². The lowest BCUT2D eigenvalue weighted by Crippen LogP contribution is -2.47. The lowest BCUT2D eigenvalue weighted by Gasteiger charge is -2.31. The molecule has 1 aliphatic heterocycles. The zero-order chi connectivity index (χ0) is 21.2. The van der Waals surface area contributed by atoms with Crippen LogP contribution >= 0.6 is 0 Å². The first-order chi connectivity index (χ1) is 13.7. The van der Waals surface area contributed by atoms with Crippen LogP contribution in [0.25, 0.3) is 0 Å². The Bertz CT molecular complexity index is 1010. The first-order valence-corrected chi connectivity index (χ1v) is 10.6. The molecule has 0 spiro atoms. The maximum atomic E-state index is 12.9. The van der Waals surface area contributed by atoms with Crippen LogP contribution in [0.5, 0.6) is 0 Å². The zero-order valence-electron chi connectivity index (χ0n) is 16.4. The van der Waals surface area contributed by atoms with E-state index in [1.807, 2.05) is 7.05 Å². The Morgan fingerprint density at radius 3 is 2.17 bits per heavy atom. The maximum Gasteiger partial charge on any atom is 0.258 e. The number of anilines is 1. The zero-order valence-corrected chi connectivity index (χ0v) is 17.2. The summed E-state index contributed by atoms with van der Waals surface area (Å²) in [6.07, 6.45) is 0. The van der Waals surface area contributed by atoms with E-state index in [9.17, 15) is 18.0 Å². The Kier molecular flexibility index (Phi) is 6.02. The van der Waals surface area contributed by atoms with Crippen LogP contribution in [-0.4, -0.2) is 69.7 Å². The van der Waals surface area contributed by atoms with Crippen LogP contribution in [0.4, 0.5) is 5.69 Å². The highest BCUT2D eigenvalue weighted by Crippen LogP contribution is 2.21. The highest BCUT2D eigenvalue weighted by Gasteiger charge is 2.28. The second-order valence-corrected chi connectivity index (χ2v) is 8.95. The molecular weight excluding hydrogens is 392 g/mol. The number of sulfonamides is 1. The van der Waals surface area contributed by atoms with Crippen molar-refractivity contribution < 1.29 is 18.0 Å². The molecule has 0 saturated carbocycles. The van der Waals surface area contributed by atoms with Gasteiger partial charge in [0.05, 0.1) is 4.90 Å². The molecule has 3 rings (SSSR count).